The number of amides is 2. The molecule has 0 radical (unpaired) electrons. The van der Waals surface area contributed by atoms with Gasteiger partial charge in [0.1, 0.15) is 5.00 Å². The van der Waals surface area contributed by atoms with Crippen LogP contribution in [0.25, 0.3) is 0 Å². The number of benzene rings is 1. The van der Waals surface area contributed by atoms with E-state index in [-0.39, 0.29) is 17.9 Å². The Balaban J connectivity index is 1.46. The van der Waals surface area contributed by atoms with E-state index in [2.05, 4.69) is 10.6 Å². The standard InChI is InChI=1S/C20H23N3O2S/c21-11-17(13-5-6-13)22-19(25)16-8-9-26-20(16)23-18(24)15-7-4-12-2-1-3-14(12)10-15/h4,7-10,13,17H,1-3,5-6,11,21H2,(H,22,25)(H,23,24). The van der Waals surface area contributed by atoms with Gasteiger partial charge in [-0.2, -0.15) is 0 Å². The van der Waals surface area contributed by atoms with Gasteiger partial charge in [0.05, 0.1) is 5.56 Å². The van der Waals surface area contributed by atoms with Crippen LogP contribution in [0.3, 0.4) is 0 Å². The molecule has 1 atom stereocenters. The summed E-state index contributed by atoms with van der Waals surface area (Å²) >= 11 is 1.36. The zero-order chi connectivity index (χ0) is 18.1. The zero-order valence-corrected chi connectivity index (χ0v) is 15.4. The largest absolute Gasteiger partial charge is 0.348 e. The van der Waals surface area contributed by atoms with Crippen molar-refractivity contribution in [2.45, 2.75) is 38.1 Å². The summed E-state index contributed by atoms with van der Waals surface area (Å²) in [5.41, 5.74) is 9.52. The van der Waals surface area contributed by atoms with Crippen molar-refractivity contribution in [2.24, 2.45) is 11.7 Å². The van der Waals surface area contributed by atoms with Crippen LogP contribution in [-0.4, -0.2) is 24.4 Å². The van der Waals surface area contributed by atoms with Gasteiger partial charge in [0.25, 0.3) is 11.8 Å². The second-order valence-electron chi connectivity index (χ2n) is 7.11. The van der Waals surface area contributed by atoms with Crippen LogP contribution in [0.15, 0.2) is 29.6 Å². The molecule has 6 heteroatoms. The number of nitrogens with two attached hydrogens (primary N) is 1. The molecule has 1 unspecified atom stereocenters. The molecule has 2 aliphatic rings. The number of fused-ring (bicyclic) bond motifs is 1. The smallest absolute Gasteiger partial charge is 0.256 e. The minimum atomic E-state index is -0.172. The van der Waals surface area contributed by atoms with Crippen LogP contribution in [0.4, 0.5) is 5.00 Å². The number of nitrogens with one attached hydrogen (secondary N) is 2. The summed E-state index contributed by atoms with van der Waals surface area (Å²) in [6.07, 6.45) is 5.51. The van der Waals surface area contributed by atoms with Gasteiger partial charge < -0.3 is 16.4 Å². The molecule has 0 bridgehead atoms. The molecule has 1 heterocycles. The first-order valence-electron chi connectivity index (χ1n) is 9.17. The zero-order valence-electron chi connectivity index (χ0n) is 14.6. The van der Waals surface area contributed by atoms with Crippen molar-refractivity contribution in [3.05, 3.63) is 51.9 Å². The number of hydrogen-bond acceptors (Lipinski definition) is 4. The van der Waals surface area contributed by atoms with E-state index < -0.39 is 0 Å². The van der Waals surface area contributed by atoms with E-state index in [1.807, 2.05) is 23.6 Å². The van der Waals surface area contributed by atoms with Gasteiger partial charge in [-0.15, -0.1) is 11.3 Å². The topological polar surface area (TPSA) is 84.2 Å². The Bertz CT molecular complexity index is 841. The van der Waals surface area contributed by atoms with Crippen molar-refractivity contribution in [3.8, 4) is 0 Å². The second-order valence-corrected chi connectivity index (χ2v) is 8.02. The number of carbonyl (C=O) groups is 2. The van der Waals surface area contributed by atoms with E-state index in [9.17, 15) is 9.59 Å². The molecule has 1 fully saturated rings. The van der Waals surface area contributed by atoms with Crippen molar-refractivity contribution in [3.63, 3.8) is 0 Å². The van der Waals surface area contributed by atoms with Crippen molar-refractivity contribution < 1.29 is 9.59 Å². The third kappa shape index (κ3) is 3.52. The summed E-state index contributed by atoms with van der Waals surface area (Å²) in [6, 6.07) is 7.65. The number of anilines is 1. The second kappa shape index (κ2) is 7.21. The predicted molar refractivity (Wildman–Crippen MR) is 104 cm³/mol. The Labute approximate surface area is 157 Å². The average Bonchev–Trinajstić information content (AvgIpc) is 3.19. The lowest BCUT2D eigenvalue weighted by Crippen LogP contribution is -2.41. The summed E-state index contributed by atoms with van der Waals surface area (Å²) in [6.45, 7) is 0.442. The first kappa shape index (κ1) is 17.2. The predicted octanol–water partition coefficient (Wildman–Crippen LogP) is 2.96. The quantitative estimate of drug-likeness (QED) is 0.732. The number of rotatable bonds is 6. The first-order valence-corrected chi connectivity index (χ1v) is 10.0. The maximum Gasteiger partial charge on any atom is 0.256 e. The molecule has 4 N–H and O–H groups in total. The third-order valence-electron chi connectivity index (χ3n) is 5.26. The minimum Gasteiger partial charge on any atom is -0.348 e. The van der Waals surface area contributed by atoms with E-state index in [0.717, 1.165) is 32.1 Å². The normalized spacial score (nSPS) is 16.8. The summed E-state index contributed by atoms with van der Waals surface area (Å²) in [7, 11) is 0. The summed E-state index contributed by atoms with van der Waals surface area (Å²) in [4.78, 5) is 25.2. The molecular formula is C20H23N3O2S. The third-order valence-corrected chi connectivity index (χ3v) is 6.09. The van der Waals surface area contributed by atoms with E-state index in [4.69, 9.17) is 5.73 Å². The highest BCUT2D eigenvalue weighted by Crippen LogP contribution is 2.33. The lowest BCUT2D eigenvalue weighted by molar-refractivity contribution is 0.0935. The number of carbonyl (C=O) groups excluding carboxylic acids is 2. The van der Waals surface area contributed by atoms with Crippen molar-refractivity contribution in [1.82, 2.24) is 5.32 Å². The Morgan fingerprint density at radius 2 is 1.96 bits per heavy atom. The maximum atomic E-state index is 12.6. The molecule has 4 rings (SSSR count). The molecule has 0 saturated heterocycles. The van der Waals surface area contributed by atoms with Gasteiger partial charge in [0.2, 0.25) is 0 Å². The fourth-order valence-corrected chi connectivity index (χ4v) is 4.37. The Hall–Kier alpha value is -2.18. The molecule has 0 spiro atoms. The fraction of sp³-hybridized carbons (Fsp3) is 0.400. The van der Waals surface area contributed by atoms with Crippen LogP contribution in [0.1, 0.15) is 51.1 Å². The summed E-state index contributed by atoms with van der Waals surface area (Å²) < 4.78 is 0. The van der Waals surface area contributed by atoms with Gasteiger partial charge in [-0.05, 0) is 72.7 Å². The maximum absolute atomic E-state index is 12.6. The number of hydrogen-bond donors (Lipinski definition) is 3. The molecule has 2 aliphatic carbocycles. The highest BCUT2D eigenvalue weighted by Gasteiger charge is 2.32. The molecule has 1 aromatic carbocycles. The molecule has 136 valence electrons. The fourth-order valence-electron chi connectivity index (χ4n) is 3.59. The van der Waals surface area contributed by atoms with Crippen LogP contribution in [-0.2, 0) is 12.8 Å². The van der Waals surface area contributed by atoms with Crippen LogP contribution < -0.4 is 16.4 Å². The summed E-state index contributed by atoms with van der Waals surface area (Å²) in [5.74, 6) is 0.152. The molecule has 5 nitrogen and oxygen atoms in total. The lowest BCUT2D eigenvalue weighted by atomic mass is 10.1. The van der Waals surface area contributed by atoms with Crippen molar-refractivity contribution in [1.29, 1.82) is 0 Å². The number of aryl methyl sites for hydroxylation is 2. The van der Waals surface area contributed by atoms with Gasteiger partial charge in [0, 0.05) is 18.2 Å². The lowest BCUT2D eigenvalue weighted by Gasteiger charge is -2.16. The molecule has 26 heavy (non-hydrogen) atoms. The van der Waals surface area contributed by atoms with E-state index in [1.165, 1.54) is 22.5 Å². The van der Waals surface area contributed by atoms with Gasteiger partial charge in [-0.1, -0.05) is 6.07 Å². The Morgan fingerprint density at radius 1 is 1.15 bits per heavy atom. The Kier molecular flexibility index (Phi) is 4.78. The molecule has 1 saturated carbocycles. The van der Waals surface area contributed by atoms with Gasteiger partial charge >= 0.3 is 0 Å². The molecule has 0 aliphatic heterocycles. The highest BCUT2D eigenvalue weighted by molar-refractivity contribution is 7.14. The minimum absolute atomic E-state index is 0.0164. The van der Waals surface area contributed by atoms with Gasteiger partial charge in [0.15, 0.2) is 0 Å². The molecule has 1 aromatic heterocycles. The molecule has 2 aromatic rings. The molecular weight excluding hydrogens is 346 g/mol. The number of thiophene rings is 1. The monoisotopic (exact) mass is 369 g/mol. The van der Waals surface area contributed by atoms with Gasteiger partial charge in [-0.25, -0.2) is 0 Å². The van der Waals surface area contributed by atoms with Crippen LogP contribution in [0.5, 0.6) is 0 Å². The van der Waals surface area contributed by atoms with Crippen LogP contribution >= 0.6 is 11.3 Å². The van der Waals surface area contributed by atoms with E-state index in [0.29, 0.717) is 28.6 Å². The SMILES string of the molecule is NCC(NC(=O)c1ccsc1NC(=O)c1ccc2c(c1)CCC2)C1CC1. The van der Waals surface area contributed by atoms with Crippen molar-refractivity contribution >= 4 is 28.2 Å². The van der Waals surface area contributed by atoms with E-state index in [1.54, 1.807) is 6.07 Å². The van der Waals surface area contributed by atoms with Gasteiger partial charge in [-0.3, -0.25) is 9.59 Å². The van der Waals surface area contributed by atoms with Crippen molar-refractivity contribution in [2.75, 3.05) is 11.9 Å². The molecule has 2 amide bonds. The summed E-state index contributed by atoms with van der Waals surface area (Å²) in [5, 5.41) is 8.32. The van der Waals surface area contributed by atoms with Crippen LogP contribution in [0, 0.1) is 5.92 Å². The van der Waals surface area contributed by atoms with Crippen LogP contribution in [0.2, 0.25) is 0 Å². The van der Waals surface area contributed by atoms with E-state index >= 15 is 0 Å². The highest BCUT2D eigenvalue weighted by atomic mass is 32.1. The first-order chi connectivity index (χ1) is 12.7. The average molecular weight is 369 g/mol. The Morgan fingerprint density at radius 3 is 2.73 bits per heavy atom.